The molecule has 222 valence electrons. The van der Waals surface area contributed by atoms with Gasteiger partial charge in [-0.3, -0.25) is 9.59 Å². The molecule has 4 aromatic rings. The Hall–Kier alpha value is -4.86. The second-order valence-electron chi connectivity index (χ2n) is 10.3. The zero-order valence-electron chi connectivity index (χ0n) is 23.3. The van der Waals surface area contributed by atoms with Crippen molar-refractivity contribution in [3.05, 3.63) is 107 Å². The summed E-state index contributed by atoms with van der Waals surface area (Å²) in [7, 11) is 1.32. The highest BCUT2D eigenvalue weighted by Gasteiger charge is 2.26. The third-order valence-electron chi connectivity index (χ3n) is 7.46. The third-order valence-corrected chi connectivity index (χ3v) is 7.46. The minimum absolute atomic E-state index is 0.0594. The van der Waals surface area contributed by atoms with Gasteiger partial charge >= 0.3 is 12.6 Å². The van der Waals surface area contributed by atoms with Gasteiger partial charge < -0.3 is 20.0 Å². The molecule has 2 heterocycles. The van der Waals surface area contributed by atoms with Gasteiger partial charge in [-0.2, -0.15) is 13.5 Å². The predicted molar refractivity (Wildman–Crippen MR) is 154 cm³/mol. The molecule has 0 fully saturated rings. The molecule has 1 amide bonds. The Morgan fingerprint density at radius 2 is 1.86 bits per heavy atom. The van der Waals surface area contributed by atoms with Crippen molar-refractivity contribution in [3.63, 3.8) is 0 Å². The average molecular weight is 591 g/mol. The molecule has 1 atom stereocenters. The number of fused-ring (bicyclic) bond motifs is 4. The van der Waals surface area contributed by atoms with E-state index in [4.69, 9.17) is 4.74 Å². The van der Waals surface area contributed by atoms with E-state index >= 15 is 0 Å². The molecule has 0 unspecified atom stereocenters. The summed E-state index contributed by atoms with van der Waals surface area (Å²) in [6, 6.07) is 19.7. The summed E-state index contributed by atoms with van der Waals surface area (Å²) in [5.74, 6) is -2.09. The van der Waals surface area contributed by atoms with Crippen LogP contribution in [0.15, 0.2) is 79.0 Å². The van der Waals surface area contributed by atoms with Crippen molar-refractivity contribution in [2.24, 2.45) is 0 Å². The summed E-state index contributed by atoms with van der Waals surface area (Å²) in [5.41, 5.74) is 3.93. The Bertz CT molecular complexity index is 1660. The lowest BCUT2D eigenvalue weighted by molar-refractivity contribution is -0.614. The van der Waals surface area contributed by atoms with Gasteiger partial charge in [-0.05, 0) is 53.8 Å². The van der Waals surface area contributed by atoms with Gasteiger partial charge in [0.05, 0.1) is 30.6 Å². The van der Waals surface area contributed by atoms with Crippen molar-refractivity contribution in [2.75, 3.05) is 12.4 Å². The van der Waals surface area contributed by atoms with Gasteiger partial charge in [0.2, 0.25) is 5.91 Å². The highest BCUT2D eigenvalue weighted by Crippen LogP contribution is 2.37. The van der Waals surface area contributed by atoms with Crippen molar-refractivity contribution in [1.29, 1.82) is 0 Å². The van der Waals surface area contributed by atoms with E-state index < -0.39 is 18.4 Å². The number of anilines is 1. The van der Waals surface area contributed by atoms with Crippen molar-refractivity contribution >= 4 is 17.6 Å². The predicted octanol–water partition coefficient (Wildman–Crippen LogP) is 6.75. The number of nitrogens with one attached hydrogen (secondary N) is 1. The number of nitrogens with zero attached hydrogens (tertiary/aromatic N) is 1. The molecule has 1 N–H and O–H groups in total. The van der Waals surface area contributed by atoms with E-state index in [9.17, 15) is 28.0 Å². The number of amides is 1. The molecule has 1 aromatic heterocycles. The normalized spacial score (nSPS) is 15.1. The number of halogens is 3. The van der Waals surface area contributed by atoms with Crippen LogP contribution in [0.25, 0.3) is 22.3 Å². The molecule has 7 nitrogen and oxygen atoms in total. The fraction of sp³-hybridized carbons (Fsp3) is 0.242. The number of rotatable bonds is 6. The van der Waals surface area contributed by atoms with Crippen LogP contribution in [0.5, 0.6) is 5.75 Å². The minimum Gasteiger partial charge on any atom is -0.618 e. The van der Waals surface area contributed by atoms with E-state index in [2.05, 4.69) is 10.1 Å². The Kier molecular flexibility index (Phi) is 8.94. The largest absolute Gasteiger partial charge is 0.618 e. The summed E-state index contributed by atoms with van der Waals surface area (Å²) in [6.07, 6.45) is 3.25. The lowest BCUT2D eigenvalue weighted by Gasteiger charge is -2.20. The number of ether oxygens (including phenoxy) is 2. The number of carbonyl (C=O) groups is 2. The molecule has 0 spiro atoms. The minimum atomic E-state index is -3.16. The van der Waals surface area contributed by atoms with Crippen LogP contribution in [-0.4, -0.2) is 25.6 Å². The van der Waals surface area contributed by atoms with E-state index in [1.54, 1.807) is 18.2 Å². The fourth-order valence-corrected chi connectivity index (χ4v) is 5.44. The summed E-state index contributed by atoms with van der Waals surface area (Å²) in [6.45, 7) is -3.16. The van der Waals surface area contributed by atoms with Crippen molar-refractivity contribution in [2.45, 2.75) is 44.6 Å². The highest BCUT2D eigenvalue weighted by atomic mass is 19.3. The molecule has 43 heavy (non-hydrogen) atoms. The fourth-order valence-electron chi connectivity index (χ4n) is 5.44. The molecular formula is C33H29F3N2O5. The number of aromatic nitrogens is 1. The summed E-state index contributed by atoms with van der Waals surface area (Å²) >= 11 is 0. The first-order valence-electron chi connectivity index (χ1n) is 13.8. The monoisotopic (exact) mass is 590 g/mol. The van der Waals surface area contributed by atoms with Crippen LogP contribution in [0.2, 0.25) is 0 Å². The number of hydrogen-bond donors (Lipinski definition) is 1. The van der Waals surface area contributed by atoms with Gasteiger partial charge in [-0.15, -0.1) is 0 Å². The second kappa shape index (κ2) is 13.0. The number of carbonyl (C=O) groups excluding carboxylic acids is 2. The lowest BCUT2D eigenvalue weighted by atomic mass is 9.87. The number of methoxy groups -OCH3 is 1. The summed E-state index contributed by atoms with van der Waals surface area (Å²) in [4.78, 5) is 24.7. The molecule has 0 saturated heterocycles. The Labute approximate surface area is 246 Å². The van der Waals surface area contributed by atoms with Crippen LogP contribution in [0.1, 0.15) is 48.4 Å². The number of benzene rings is 3. The van der Waals surface area contributed by atoms with E-state index in [1.807, 2.05) is 30.3 Å². The molecule has 2 bridgehead atoms. The summed E-state index contributed by atoms with van der Waals surface area (Å²) < 4.78 is 50.6. The van der Waals surface area contributed by atoms with Gasteiger partial charge in [0.25, 0.3) is 0 Å². The van der Waals surface area contributed by atoms with Crippen LogP contribution in [0, 0.1) is 11.0 Å². The maximum atomic E-state index is 14.7. The van der Waals surface area contributed by atoms with Crippen LogP contribution >= 0.6 is 0 Å². The van der Waals surface area contributed by atoms with Crippen molar-refractivity contribution < 1.29 is 37.0 Å². The topological polar surface area (TPSA) is 91.6 Å². The van der Waals surface area contributed by atoms with E-state index in [0.29, 0.717) is 40.9 Å². The van der Waals surface area contributed by atoms with Crippen LogP contribution in [0.3, 0.4) is 0 Å². The molecule has 5 rings (SSSR count). The molecule has 0 aliphatic carbocycles. The SMILES string of the molecule is COC(=O)Cc1ccc2c(c1)NC(=O)CCCC[C@H](c1ccc(-c3c(F)cccc3OC(F)F)c[n+]1[O-])c1cccc-2c1. The molecule has 1 aliphatic heterocycles. The smallest absolute Gasteiger partial charge is 0.387 e. The van der Waals surface area contributed by atoms with Crippen LogP contribution < -0.4 is 14.8 Å². The van der Waals surface area contributed by atoms with Gasteiger partial charge in [0, 0.05) is 23.7 Å². The highest BCUT2D eigenvalue weighted by molar-refractivity contribution is 5.96. The number of esters is 1. The molecule has 0 radical (unpaired) electrons. The standard InChI is InChI=1S/C33H29F3N2O5/c1-42-31(40)17-20-12-14-24-21-6-4-7-22(18-21)25(8-2-3-11-30(39)37-27(24)16-20)28-15-13-23(19-38(28)41)32-26(34)9-5-10-29(32)43-33(35)36/h4-7,9-10,12-16,18-19,25,33H,2-3,8,11,17H2,1H3,(H,37,39)/t25-/m0/s1. The Morgan fingerprint density at radius 3 is 2.63 bits per heavy atom. The first-order chi connectivity index (χ1) is 20.7. The first kappa shape index (κ1) is 29.6. The third kappa shape index (κ3) is 6.80. The summed E-state index contributed by atoms with van der Waals surface area (Å²) in [5, 5.41) is 16.4. The van der Waals surface area contributed by atoms with Crippen LogP contribution in [-0.2, 0) is 20.7 Å². The Balaban J connectivity index is 1.55. The van der Waals surface area contributed by atoms with Crippen LogP contribution in [0.4, 0.5) is 18.9 Å². The zero-order valence-corrected chi connectivity index (χ0v) is 23.3. The molecule has 3 aromatic carbocycles. The van der Waals surface area contributed by atoms with Crippen molar-refractivity contribution in [3.8, 4) is 28.0 Å². The van der Waals surface area contributed by atoms with Gasteiger partial charge in [0.1, 0.15) is 11.6 Å². The molecule has 1 aliphatic rings. The molecule has 0 saturated carbocycles. The number of hydrogen-bond acceptors (Lipinski definition) is 5. The number of pyridine rings is 1. The average Bonchev–Trinajstić information content (AvgIpc) is 2.97. The Morgan fingerprint density at radius 1 is 1.05 bits per heavy atom. The molecule has 10 heteroatoms. The van der Waals surface area contributed by atoms with Gasteiger partial charge in [0.15, 0.2) is 11.9 Å². The van der Waals surface area contributed by atoms with Gasteiger partial charge in [-0.1, -0.05) is 48.9 Å². The first-order valence-corrected chi connectivity index (χ1v) is 13.8. The maximum absolute atomic E-state index is 14.7. The second-order valence-corrected chi connectivity index (χ2v) is 10.3. The van der Waals surface area contributed by atoms with E-state index in [0.717, 1.165) is 29.0 Å². The van der Waals surface area contributed by atoms with E-state index in [1.165, 1.54) is 25.3 Å². The van der Waals surface area contributed by atoms with E-state index in [-0.39, 0.29) is 41.5 Å². The maximum Gasteiger partial charge on any atom is 0.387 e. The molecular weight excluding hydrogens is 561 g/mol. The van der Waals surface area contributed by atoms with Gasteiger partial charge in [-0.25, -0.2) is 4.39 Å². The van der Waals surface area contributed by atoms with Crippen molar-refractivity contribution in [1.82, 2.24) is 0 Å². The zero-order chi connectivity index (χ0) is 30.5. The quantitative estimate of drug-likeness (QED) is 0.152. The number of alkyl halides is 2. The lowest BCUT2D eigenvalue weighted by Crippen LogP contribution is -2.33.